The summed E-state index contributed by atoms with van der Waals surface area (Å²) >= 11 is 0. The van der Waals surface area contributed by atoms with Gasteiger partial charge in [-0.2, -0.15) is 13.2 Å². The lowest BCUT2D eigenvalue weighted by atomic mass is 10.2. The van der Waals surface area contributed by atoms with Crippen molar-refractivity contribution in [1.29, 1.82) is 0 Å². The normalized spacial score (nSPS) is 11.6. The fourth-order valence-electron chi connectivity index (χ4n) is 2.61. The molecule has 0 saturated heterocycles. The molecule has 0 unspecified atom stereocenters. The van der Waals surface area contributed by atoms with Crippen molar-refractivity contribution in [3.05, 3.63) is 50.8 Å². The second-order valence-electron chi connectivity index (χ2n) is 6.16. The maximum atomic E-state index is 12.8. The van der Waals surface area contributed by atoms with Crippen LogP contribution in [0, 0.1) is 0 Å². The van der Waals surface area contributed by atoms with Crippen LogP contribution in [-0.2, 0) is 24.6 Å². The van der Waals surface area contributed by atoms with Gasteiger partial charge >= 0.3 is 11.9 Å². The first-order valence-corrected chi connectivity index (χ1v) is 8.07. The summed E-state index contributed by atoms with van der Waals surface area (Å²) in [4.78, 5) is 42.3. The van der Waals surface area contributed by atoms with E-state index in [0.29, 0.717) is 17.2 Å². The van der Waals surface area contributed by atoms with E-state index < -0.39 is 41.2 Å². The minimum atomic E-state index is -4.71. The van der Waals surface area contributed by atoms with Crippen LogP contribution in [0.25, 0.3) is 11.0 Å². The molecule has 0 bridgehead atoms. The lowest BCUT2D eigenvalue weighted by molar-refractivity contribution is -0.141. The number of aromatic nitrogens is 3. The number of aryl methyl sites for hydroxylation is 1. The molecule has 1 amide bonds. The molecule has 0 aliphatic rings. The molecular formula is C17H19F3N4O3. The predicted molar refractivity (Wildman–Crippen MR) is 93.3 cm³/mol. The highest BCUT2D eigenvalue weighted by Crippen LogP contribution is 2.28. The van der Waals surface area contributed by atoms with Crippen LogP contribution in [0.2, 0.25) is 0 Å². The van der Waals surface area contributed by atoms with Crippen molar-refractivity contribution in [2.24, 2.45) is 7.05 Å². The van der Waals surface area contributed by atoms with Crippen molar-refractivity contribution in [2.45, 2.75) is 26.6 Å². The zero-order chi connectivity index (χ0) is 20.5. The number of carbonyl (C=O) groups is 1. The second kappa shape index (κ2) is 7.37. The van der Waals surface area contributed by atoms with Crippen LogP contribution in [0.3, 0.4) is 0 Å². The molecule has 27 heavy (non-hydrogen) atoms. The van der Waals surface area contributed by atoms with Crippen molar-refractivity contribution in [3.8, 4) is 0 Å². The zero-order valence-electron chi connectivity index (χ0n) is 15.1. The maximum Gasteiger partial charge on any atom is 0.433 e. The Bertz CT molecular complexity index is 1020. The van der Waals surface area contributed by atoms with Crippen molar-refractivity contribution in [3.63, 3.8) is 0 Å². The van der Waals surface area contributed by atoms with Gasteiger partial charge in [0.25, 0.3) is 5.56 Å². The van der Waals surface area contributed by atoms with Gasteiger partial charge in [-0.1, -0.05) is 12.2 Å². The van der Waals surface area contributed by atoms with E-state index in [-0.39, 0.29) is 11.9 Å². The first kappa shape index (κ1) is 20.4. The highest BCUT2D eigenvalue weighted by atomic mass is 19.4. The molecule has 0 fully saturated rings. The van der Waals surface area contributed by atoms with E-state index in [0.717, 1.165) is 16.2 Å². The first-order valence-electron chi connectivity index (χ1n) is 8.07. The van der Waals surface area contributed by atoms with Crippen molar-refractivity contribution >= 4 is 16.9 Å². The van der Waals surface area contributed by atoms with Crippen molar-refractivity contribution in [1.82, 2.24) is 19.0 Å². The number of nitrogens with zero attached hydrogens (tertiary/aromatic N) is 4. The second-order valence-corrected chi connectivity index (χ2v) is 6.16. The average Bonchev–Trinajstić information content (AvgIpc) is 2.59. The van der Waals surface area contributed by atoms with Crippen LogP contribution in [0.5, 0.6) is 0 Å². The van der Waals surface area contributed by atoms with Crippen molar-refractivity contribution in [2.75, 3.05) is 13.1 Å². The zero-order valence-corrected chi connectivity index (χ0v) is 15.1. The van der Waals surface area contributed by atoms with Crippen LogP contribution in [-0.4, -0.2) is 38.0 Å². The molecule has 2 aromatic rings. The van der Waals surface area contributed by atoms with E-state index in [9.17, 15) is 27.6 Å². The van der Waals surface area contributed by atoms with E-state index in [1.54, 1.807) is 13.8 Å². The van der Waals surface area contributed by atoms with Crippen LogP contribution in [0.1, 0.15) is 19.5 Å². The van der Waals surface area contributed by atoms with E-state index >= 15 is 0 Å². The molecule has 0 atom stereocenters. The van der Waals surface area contributed by atoms with Crippen LogP contribution < -0.4 is 11.2 Å². The average molecular weight is 384 g/mol. The molecule has 0 N–H and O–H groups in total. The molecule has 0 aliphatic carbocycles. The first-order chi connectivity index (χ1) is 12.5. The SMILES string of the molecule is C=C(C)CN(CC)C(=O)Cn1c(=O)c2ccc(C(F)(F)F)nc2n(C)c1=O. The van der Waals surface area contributed by atoms with Gasteiger partial charge in [-0.3, -0.25) is 18.7 Å². The van der Waals surface area contributed by atoms with Gasteiger partial charge in [0.15, 0.2) is 0 Å². The van der Waals surface area contributed by atoms with Crippen molar-refractivity contribution < 1.29 is 18.0 Å². The number of carbonyl (C=O) groups excluding carboxylic acids is 1. The third kappa shape index (κ3) is 4.09. The molecule has 0 saturated carbocycles. The Kier molecular flexibility index (Phi) is 5.57. The molecule has 10 heteroatoms. The van der Waals surface area contributed by atoms with Gasteiger partial charge in [0.05, 0.1) is 5.39 Å². The van der Waals surface area contributed by atoms with Gasteiger partial charge in [-0.15, -0.1) is 0 Å². The van der Waals surface area contributed by atoms with Gasteiger partial charge in [0.1, 0.15) is 17.9 Å². The van der Waals surface area contributed by atoms with E-state index in [2.05, 4.69) is 11.6 Å². The number of amides is 1. The van der Waals surface area contributed by atoms with Gasteiger partial charge in [-0.05, 0) is 26.0 Å². The van der Waals surface area contributed by atoms with Gasteiger partial charge < -0.3 is 4.90 Å². The highest BCUT2D eigenvalue weighted by Gasteiger charge is 2.33. The molecule has 0 aliphatic heterocycles. The number of halogens is 3. The lowest BCUT2D eigenvalue weighted by Gasteiger charge is -2.21. The van der Waals surface area contributed by atoms with E-state index in [1.165, 1.54) is 11.9 Å². The fourth-order valence-corrected chi connectivity index (χ4v) is 2.61. The highest BCUT2D eigenvalue weighted by molar-refractivity contribution is 5.78. The smallest absolute Gasteiger partial charge is 0.337 e. The predicted octanol–water partition coefficient (Wildman–Crippen LogP) is 1.54. The van der Waals surface area contributed by atoms with Gasteiger partial charge in [0.2, 0.25) is 5.91 Å². The summed E-state index contributed by atoms with van der Waals surface area (Å²) in [7, 11) is 1.20. The Balaban J connectivity index is 2.57. The molecule has 2 rings (SSSR count). The molecule has 2 heterocycles. The Morgan fingerprint density at radius 2 is 1.93 bits per heavy atom. The summed E-state index contributed by atoms with van der Waals surface area (Å²) < 4.78 is 40.0. The standard InChI is InChI=1S/C17H19F3N4O3/c1-5-23(8-10(2)3)13(25)9-24-15(26)11-6-7-12(17(18,19)20)21-14(11)22(4)16(24)27/h6-7H,2,5,8-9H2,1,3-4H3. The number of hydrogen-bond acceptors (Lipinski definition) is 4. The molecule has 0 spiro atoms. The van der Waals surface area contributed by atoms with Crippen LogP contribution in [0.4, 0.5) is 13.2 Å². The van der Waals surface area contributed by atoms with Gasteiger partial charge in [-0.25, -0.2) is 9.78 Å². The number of rotatable bonds is 5. The largest absolute Gasteiger partial charge is 0.433 e. The Labute approximate surface area is 152 Å². The number of likely N-dealkylation sites (N-methyl/N-ethyl adjacent to an activating group) is 1. The number of hydrogen-bond donors (Lipinski definition) is 0. The molecule has 0 aromatic carbocycles. The summed E-state index contributed by atoms with van der Waals surface area (Å²) in [6.07, 6.45) is -4.71. The van der Waals surface area contributed by atoms with Crippen LogP contribution in [0.15, 0.2) is 33.9 Å². The number of fused-ring (bicyclic) bond motifs is 1. The monoisotopic (exact) mass is 384 g/mol. The number of alkyl halides is 3. The van der Waals surface area contributed by atoms with Crippen LogP contribution >= 0.6 is 0 Å². The minimum absolute atomic E-state index is 0.180. The number of pyridine rings is 1. The molecule has 7 nitrogen and oxygen atoms in total. The van der Waals surface area contributed by atoms with E-state index in [1.807, 2.05) is 0 Å². The van der Waals surface area contributed by atoms with E-state index in [4.69, 9.17) is 0 Å². The lowest BCUT2D eigenvalue weighted by Crippen LogP contribution is -2.45. The minimum Gasteiger partial charge on any atom is -0.337 e. The summed E-state index contributed by atoms with van der Waals surface area (Å²) in [5.74, 6) is -0.473. The fraction of sp³-hybridized carbons (Fsp3) is 0.412. The Morgan fingerprint density at radius 3 is 2.44 bits per heavy atom. The topological polar surface area (TPSA) is 77.2 Å². The maximum absolute atomic E-state index is 12.8. The Hall–Kier alpha value is -2.91. The quantitative estimate of drug-likeness (QED) is 0.733. The third-order valence-corrected chi connectivity index (χ3v) is 3.97. The molecular weight excluding hydrogens is 365 g/mol. The van der Waals surface area contributed by atoms with Gasteiger partial charge in [0, 0.05) is 20.1 Å². The Morgan fingerprint density at radius 1 is 1.30 bits per heavy atom. The summed E-state index contributed by atoms with van der Waals surface area (Å²) in [5.41, 5.74) is -2.66. The summed E-state index contributed by atoms with van der Waals surface area (Å²) in [5, 5.41) is -0.180. The molecule has 2 aromatic heterocycles. The summed E-state index contributed by atoms with van der Waals surface area (Å²) in [6.45, 7) is 7.30. The molecule has 146 valence electrons. The molecule has 0 radical (unpaired) electrons. The third-order valence-electron chi connectivity index (χ3n) is 3.97. The summed E-state index contributed by atoms with van der Waals surface area (Å²) in [6, 6.07) is 1.62.